The van der Waals surface area contributed by atoms with Gasteiger partial charge in [0.15, 0.2) is 5.78 Å². The van der Waals surface area contributed by atoms with Crippen LogP contribution < -0.4 is 4.74 Å². The fourth-order valence-electron chi connectivity index (χ4n) is 11.5. The average molecular weight is 645 g/mol. The first-order chi connectivity index (χ1) is 21.2. The van der Waals surface area contributed by atoms with Gasteiger partial charge in [0, 0.05) is 5.92 Å². The molecule has 0 amide bonds. The number of allylic oxidation sites excluding steroid dienone is 2. The van der Waals surface area contributed by atoms with Crippen LogP contribution >= 0.6 is 0 Å². The Morgan fingerprint density at radius 2 is 1.57 bits per heavy atom. The maximum Gasteiger partial charge on any atom is 0.573 e. The third-order valence-corrected chi connectivity index (χ3v) is 14.6. The van der Waals surface area contributed by atoms with E-state index in [0.29, 0.717) is 18.4 Å². The number of ketones is 1. The number of fused-ring (bicyclic) bond motifs is 7. The van der Waals surface area contributed by atoms with Crippen molar-refractivity contribution in [2.75, 3.05) is 0 Å². The highest BCUT2D eigenvalue weighted by atomic mass is 19.4. The summed E-state index contributed by atoms with van der Waals surface area (Å²) in [5.41, 5.74) is 0.246. The van der Waals surface area contributed by atoms with Crippen LogP contribution in [0.25, 0.3) is 0 Å². The van der Waals surface area contributed by atoms with E-state index in [2.05, 4.69) is 46.3 Å². The van der Waals surface area contributed by atoms with Crippen molar-refractivity contribution < 1.29 is 37.3 Å². The molecule has 0 radical (unpaired) electrons. The highest BCUT2D eigenvalue weighted by Crippen LogP contribution is 2.75. The van der Waals surface area contributed by atoms with E-state index in [-0.39, 0.29) is 75.0 Å². The number of carbonyl (C=O) groups excluding carboxylic acids is 2. The normalized spacial score (nSPS) is 43.3. The van der Waals surface area contributed by atoms with Gasteiger partial charge in [-0.05, 0) is 127 Å². The summed E-state index contributed by atoms with van der Waals surface area (Å²) in [4.78, 5) is 28.2. The molecular weight excluding hydrogens is 593 g/mol. The van der Waals surface area contributed by atoms with E-state index in [4.69, 9.17) is 4.74 Å². The molecule has 46 heavy (non-hydrogen) atoms. The molecule has 1 N–H and O–H groups in total. The SMILES string of the molecule is CC1(C)[C@@H](O)CC[C@]2(C)[C@H]3C(=O)C=C4[C@@H]5C[C@@](C)(C(=O)OCc6ccc(OC(F)(F)F)cc6)CC[C@]5(C)CC[C@@]4(C)[C@]3(C)CC[C@@H]12. The summed E-state index contributed by atoms with van der Waals surface area (Å²) in [6, 6.07) is 5.39. The number of alkyl halides is 3. The van der Waals surface area contributed by atoms with Crippen molar-refractivity contribution in [1.29, 1.82) is 0 Å². The Morgan fingerprint density at radius 1 is 0.913 bits per heavy atom. The van der Waals surface area contributed by atoms with Crippen molar-refractivity contribution in [2.24, 2.45) is 50.2 Å². The molecule has 0 saturated heterocycles. The molecule has 8 heteroatoms. The van der Waals surface area contributed by atoms with Gasteiger partial charge in [0.1, 0.15) is 12.4 Å². The van der Waals surface area contributed by atoms with E-state index in [9.17, 15) is 27.9 Å². The summed E-state index contributed by atoms with van der Waals surface area (Å²) in [6.45, 7) is 15.7. The molecule has 6 rings (SSSR count). The zero-order valence-electron chi connectivity index (χ0n) is 28.5. The van der Waals surface area contributed by atoms with Crippen LogP contribution in [0, 0.1) is 50.2 Å². The summed E-state index contributed by atoms with van der Waals surface area (Å²) in [7, 11) is 0. The fourth-order valence-corrected chi connectivity index (χ4v) is 11.5. The second kappa shape index (κ2) is 10.6. The van der Waals surface area contributed by atoms with Gasteiger partial charge >= 0.3 is 12.3 Å². The number of benzene rings is 1. The van der Waals surface area contributed by atoms with Gasteiger partial charge in [-0.25, -0.2) is 0 Å². The summed E-state index contributed by atoms with van der Waals surface area (Å²) in [5.74, 6) is -0.143. The van der Waals surface area contributed by atoms with Crippen molar-refractivity contribution in [2.45, 2.75) is 125 Å². The number of aliphatic hydroxyl groups is 1. The molecular formula is C38H51F3O5. The molecule has 5 aliphatic carbocycles. The van der Waals surface area contributed by atoms with Gasteiger partial charge in [-0.3, -0.25) is 9.59 Å². The first-order valence-corrected chi connectivity index (χ1v) is 17.1. The number of esters is 1. The molecule has 5 aliphatic rings. The number of carbonyl (C=O) groups is 2. The molecule has 1 aromatic rings. The summed E-state index contributed by atoms with van der Waals surface area (Å²) >= 11 is 0. The standard InChI is InChI=1S/C38H51F3O5/c1-32(2)28-12-15-37(7)30(35(28,5)14-13-29(32)43)27(42)20-25-26-21-34(4,17-16-33(26,3)18-19-36(25,37)6)31(44)45-22-23-8-10-24(11-9-23)46-38(39,40)41/h8-11,20,26,28-30,43H,12-19,21-22H2,1-7H3/t26-,28-,29-,30+,33+,34-,35-,36+,37+/m0/s1. The van der Waals surface area contributed by atoms with E-state index in [1.807, 2.05) is 13.0 Å². The highest BCUT2D eigenvalue weighted by Gasteiger charge is 2.70. The van der Waals surface area contributed by atoms with Crippen LogP contribution in [0.3, 0.4) is 0 Å². The molecule has 1 aromatic carbocycles. The lowest BCUT2D eigenvalue weighted by molar-refractivity contribution is -0.274. The number of hydrogen-bond acceptors (Lipinski definition) is 5. The first-order valence-electron chi connectivity index (χ1n) is 17.1. The number of halogens is 3. The minimum absolute atomic E-state index is 0.0129. The molecule has 5 nitrogen and oxygen atoms in total. The molecule has 0 heterocycles. The van der Waals surface area contributed by atoms with Gasteiger partial charge in [-0.15, -0.1) is 13.2 Å². The van der Waals surface area contributed by atoms with E-state index >= 15 is 0 Å². The Morgan fingerprint density at radius 3 is 2.22 bits per heavy atom. The van der Waals surface area contributed by atoms with Crippen molar-refractivity contribution in [3.63, 3.8) is 0 Å². The summed E-state index contributed by atoms with van der Waals surface area (Å²) in [5, 5.41) is 11.0. The lowest BCUT2D eigenvalue weighted by atomic mass is 9.33. The van der Waals surface area contributed by atoms with Crippen molar-refractivity contribution in [3.05, 3.63) is 41.5 Å². The van der Waals surface area contributed by atoms with E-state index < -0.39 is 11.8 Å². The Labute approximate surface area is 271 Å². The molecule has 4 saturated carbocycles. The van der Waals surface area contributed by atoms with Gasteiger partial charge in [-0.2, -0.15) is 0 Å². The number of hydrogen-bond donors (Lipinski definition) is 1. The third-order valence-electron chi connectivity index (χ3n) is 14.6. The summed E-state index contributed by atoms with van der Waals surface area (Å²) < 4.78 is 47.4. The monoisotopic (exact) mass is 644 g/mol. The number of aliphatic hydroxyl groups excluding tert-OH is 1. The van der Waals surface area contributed by atoms with Gasteiger partial charge < -0.3 is 14.6 Å². The van der Waals surface area contributed by atoms with Gasteiger partial charge in [0.25, 0.3) is 0 Å². The zero-order valence-corrected chi connectivity index (χ0v) is 28.5. The summed E-state index contributed by atoms with van der Waals surface area (Å²) in [6.07, 6.45) is 4.63. The molecule has 0 aliphatic heterocycles. The van der Waals surface area contributed by atoms with E-state index in [0.717, 1.165) is 44.9 Å². The molecule has 0 aromatic heterocycles. The van der Waals surface area contributed by atoms with Crippen LogP contribution in [0.2, 0.25) is 0 Å². The number of rotatable bonds is 4. The molecule has 254 valence electrons. The Kier molecular flexibility index (Phi) is 7.71. The van der Waals surface area contributed by atoms with E-state index in [1.54, 1.807) is 0 Å². The Balaban J connectivity index is 1.25. The predicted octanol–water partition coefficient (Wildman–Crippen LogP) is 8.97. The first kappa shape index (κ1) is 33.5. The second-order valence-electron chi connectivity index (χ2n) is 17.4. The molecule has 0 spiro atoms. The van der Waals surface area contributed by atoms with Crippen molar-refractivity contribution >= 4 is 11.8 Å². The van der Waals surface area contributed by atoms with Gasteiger partial charge in [-0.1, -0.05) is 59.2 Å². The van der Waals surface area contributed by atoms with Gasteiger partial charge in [0.05, 0.1) is 11.5 Å². The smallest absolute Gasteiger partial charge is 0.460 e. The molecule has 9 atom stereocenters. The fraction of sp³-hybridized carbons (Fsp3) is 0.737. The number of ether oxygens (including phenoxy) is 2. The lowest BCUT2D eigenvalue weighted by Crippen LogP contribution is -2.66. The molecule has 0 unspecified atom stereocenters. The highest BCUT2D eigenvalue weighted by molar-refractivity contribution is 5.95. The Hall–Kier alpha value is -2.35. The largest absolute Gasteiger partial charge is 0.573 e. The topological polar surface area (TPSA) is 72.8 Å². The van der Waals surface area contributed by atoms with Crippen LogP contribution in [-0.2, 0) is 20.9 Å². The second-order valence-corrected chi connectivity index (χ2v) is 17.4. The quantitative estimate of drug-likeness (QED) is 0.331. The van der Waals surface area contributed by atoms with Gasteiger partial charge in [0.2, 0.25) is 0 Å². The third kappa shape index (κ3) is 4.97. The average Bonchev–Trinajstić information content (AvgIpc) is 2.96. The predicted molar refractivity (Wildman–Crippen MR) is 168 cm³/mol. The van der Waals surface area contributed by atoms with Crippen LogP contribution in [0.1, 0.15) is 112 Å². The van der Waals surface area contributed by atoms with Crippen LogP contribution in [0.4, 0.5) is 13.2 Å². The Bertz CT molecular complexity index is 1430. The maximum atomic E-state index is 14.5. The molecule has 4 fully saturated rings. The minimum atomic E-state index is -4.77. The van der Waals surface area contributed by atoms with Crippen LogP contribution in [0.5, 0.6) is 5.75 Å². The van der Waals surface area contributed by atoms with E-state index in [1.165, 1.54) is 29.8 Å². The van der Waals surface area contributed by atoms with Crippen LogP contribution in [-0.4, -0.2) is 29.3 Å². The van der Waals surface area contributed by atoms with Crippen molar-refractivity contribution in [3.8, 4) is 5.75 Å². The minimum Gasteiger partial charge on any atom is -0.460 e. The maximum absolute atomic E-state index is 14.5. The van der Waals surface area contributed by atoms with Crippen molar-refractivity contribution in [1.82, 2.24) is 0 Å². The lowest BCUT2D eigenvalue weighted by Gasteiger charge is -2.70. The zero-order chi connectivity index (χ0) is 33.7. The van der Waals surface area contributed by atoms with Crippen LogP contribution in [0.15, 0.2) is 35.9 Å². The molecule has 0 bridgehead atoms.